The average molecular weight is 430 g/mol. The van der Waals surface area contributed by atoms with Crippen molar-refractivity contribution in [3.8, 4) is 0 Å². The minimum Gasteiger partial charge on any atom is -0.351 e. The molecule has 1 aromatic carbocycles. The minimum atomic E-state index is -3.56. The number of hydrogen-bond acceptors (Lipinski definition) is 4. The van der Waals surface area contributed by atoms with E-state index in [4.69, 9.17) is 0 Å². The Hall–Kier alpha value is -1.15. The van der Waals surface area contributed by atoms with Gasteiger partial charge in [-0.15, -0.1) is 12.4 Å². The largest absolute Gasteiger partial charge is 0.351 e. The van der Waals surface area contributed by atoms with E-state index in [1.807, 2.05) is 6.92 Å². The zero-order chi connectivity index (χ0) is 19.3. The minimum absolute atomic E-state index is 0. The van der Waals surface area contributed by atoms with Crippen molar-refractivity contribution in [3.63, 3.8) is 0 Å². The van der Waals surface area contributed by atoms with E-state index in [0.29, 0.717) is 18.2 Å². The number of nitrogens with one attached hydrogen (secondary N) is 3. The SMILES string of the molecule is Cc1ccc(S(=O)(=O)NC2CC2)cc1C(=O)NCCNC1CCCCCC1.Cl. The van der Waals surface area contributed by atoms with Crippen LogP contribution in [-0.2, 0) is 10.0 Å². The molecule has 0 heterocycles. The zero-order valence-electron chi connectivity index (χ0n) is 16.5. The van der Waals surface area contributed by atoms with E-state index in [9.17, 15) is 13.2 Å². The predicted octanol–water partition coefficient (Wildman–Crippen LogP) is 2.90. The Morgan fingerprint density at radius 3 is 2.32 bits per heavy atom. The lowest BCUT2D eigenvalue weighted by atomic mass is 10.1. The fraction of sp³-hybridized carbons (Fsp3) is 0.650. The summed E-state index contributed by atoms with van der Waals surface area (Å²) < 4.78 is 27.4. The summed E-state index contributed by atoms with van der Waals surface area (Å²) in [4.78, 5) is 12.7. The third kappa shape index (κ3) is 6.72. The standard InChI is InChI=1S/C20H31N3O3S.ClH/c1-15-8-11-18(27(25,26)23-17-9-10-17)14-19(15)20(24)22-13-12-21-16-6-4-2-3-5-7-16;/h8,11,14,16-17,21,23H,2-7,9-10,12-13H2,1H3,(H,22,24);1H. The van der Waals surface area contributed by atoms with Crippen LogP contribution in [0.3, 0.4) is 0 Å². The molecule has 2 saturated carbocycles. The van der Waals surface area contributed by atoms with Gasteiger partial charge in [0, 0.05) is 30.7 Å². The molecule has 0 radical (unpaired) electrons. The molecule has 2 aliphatic carbocycles. The van der Waals surface area contributed by atoms with Gasteiger partial charge in [-0.25, -0.2) is 13.1 Å². The zero-order valence-corrected chi connectivity index (χ0v) is 18.1. The number of aryl methyl sites for hydroxylation is 1. The molecular formula is C20H32ClN3O3S. The number of carbonyl (C=O) groups is 1. The highest BCUT2D eigenvalue weighted by molar-refractivity contribution is 7.89. The summed E-state index contributed by atoms with van der Waals surface area (Å²) >= 11 is 0. The molecule has 3 N–H and O–H groups in total. The van der Waals surface area contributed by atoms with Gasteiger partial charge in [-0.2, -0.15) is 0 Å². The second kappa shape index (κ2) is 10.6. The van der Waals surface area contributed by atoms with E-state index >= 15 is 0 Å². The molecule has 6 nitrogen and oxygen atoms in total. The molecule has 1 amide bonds. The summed E-state index contributed by atoms with van der Waals surface area (Å²) in [6.07, 6.45) is 9.38. The van der Waals surface area contributed by atoms with Crippen LogP contribution >= 0.6 is 12.4 Å². The van der Waals surface area contributed by atoms with Crippen LogP contribution in [0.15, 0.2) is 23.1 Å². The average Bonchev–Trinajstić information content (AvgIpc) is 3.46. The van der Waals surface area contributed by atoms with Gasteiger partial charge in [0.2, 0.25) is 10.0 Å². The van der Waals surface area contributed by atoms with E-state index in [0.717, 1.165) is 24.9 Å². The van der Waals surface area contributed by atoms with Gasteiger partial charge < -0.3 is 10.6 Å². The van der Waals surface area contributed by atoms with E-state index < -0.39 is 10.0 Å². The highest BCUT2D eigenvalue weighted by Crippen LogP contribution is 2.23. The number of halogens is 1. The van der Waals surface area contributed by atoms with Crippen molar-refractivity contribution in [1.82, 2.24) is 15.4 Å². The molecule has 0 aliphatic heterocycles. The van der Waals surface area contributed by atoms with Crippen LogP contribution in [-0.4, -0.2) is 39.5 Å². The fourth-order valence-electron chi connectivity index (χ4n) is 3.53. The molecule has 8 heteroatoms. The summed E-state index contributed by atoms with van der Waals surface area (Å²) in [6, 6.07) is 5.33. The van der Waals surface area contributed by atoms with Crippen molar-refractivity contribution in [2.45, 2.75) is 75.3 Å². The predicted molar refractivity (Wildman–Crippen MR) is 114 cm³/mol. The molecule has 2 fully saturated rings. The van der Waals surface area contributed by atoms with Gasteiger partial charge in [-0.1, -0.05) is 31.7 Å². The number of rotatable bonds is 8. The topological polar surface area (TPSA) is 87.3 Å². The second-order valence-corrected chi connectivity index (χ2v) is 9.48. The van der Waals surface area contributed by atoms with Gasteiger partial charge in [-0.3, -0.25) is 4.79 Å². The van der Waals surface area contributed by atoms with E-state index in [2.05, 4.69) is 15.4 Å². The molecule has 0 unspecified atom stereocenters. The summed E-state index contributed by atoms with van der Waals surface area (Å²) in [5, 5.41) is 6.44. The lowest BCUT2D eigenvalue weighted by Gasteiger charge is -2.16. The van der Waals surface area contributed by atoms with Gasteiger partial charge >= 0.3 is 0 Å². The highest BCUT2D eigenvalue weighted by Gasteiger charge is 2.28. The number of carbonyl (C=O) groups excluding carboxylic acids is 1. The van der Waals surface area contributed by atoms with Gasteiger partial charge in [0.25, 0.3) is 5.91 Å². The molecule has 1 aromatic rings. The Bertz CT molecular complexity index is 758. The van der Waals surface area contributed by atoms with Gasteiger partial charge in [0.05, 0.1) is 4.90 Å². The summed E-state index contributed by atoms with van der Waals surface area (Å²) in [5.74, 6) is -0.223. The molecule has 0 saturated heterocycles. The molecular weight excluding hydrogens is 398 g/mol. The molecule has 0 bridgehead atoms. The van der Waals surface area contributed by atoms with E-state index in [1.165, 1.54) is 44.6 Å². The first kappa shape index (κ1) is 23.1. The summed E-state index contributed by atoms with van der Waals surface area (Å²) in [7, 11) is -3.56. The van der Waals surface area contributed by atoms with Crippen molar-refractivity contribution in [2.75, 3.05) is 13.1 Å². The third-order valence-electron chi connectivity index (χ3n) is 5.36. The molecule has 0 aromatic heterocycles. The van der Waals surface area contributed by atoms with Crippen LogP contribution in [0.1, 0.15) is 67.3 Å². The molecule has 158 valence electrons. The van der Waals surface area contributed by atoms with Crippen molar-refractivity contribution in [1.29, 1.82) is 0 Å². The van der Waals surface area contributed by atoms with E-state index in [-0.39, 0.29) is 29.3 Å². The summed E-state index contributed by atoms with van der Waals surface area (Å²) in [5.41, 5.74) is 1.19. The Balaban J connectivity index is 0.00000280. The maximum atomic E-state index is 12.5. The number of benzene rings is 1. The lowest BCUT2D eigenvalue weighted by Crippen LogP contribution is -2.37. The number of hydrogen-bond donors (Lipinski definition) is 3. The summed E-state index contributed by atoms with van der Waals surface area (Å²) in [6.45, 7) is 3.09. The smallest absolute Gasteiger partial charge is 0.251 e. The van der Waals surface area contributed by atoms with Crippen LogP contribution in [0.4, 0.5) is 0 Å². The Morgan fingerprint density at radius 1 is 1.00 bits per heavy atom. The first-order valence-electron chi connectivity index (χ1n) is 10.1. The maximum absolute atomic E-state index is 12.5. The first-order valence-corrected chi connectivity index (χ1v) is 11.6. The molecule has 3 rings (SSSR count). The molecule has 28 heavy (non-hydrogen) atoms. The first-order chi connectivity index (χ1) is 13.0. The second-order valence-electron chi connectivity index (χ2n) is 7.77. The molecule has 0 spiro atoms. The van der Waals surface area contributed by atoms with Gasteiger partial charge in [0.15, 0.2) is 0 Å². The van der Waals surface area contributed by atoms with Crippen molar-refractivity contribution in [2.24, 2.45) is 0 Å². The Kier molecular flexibility index (Phi) is 8.74. The Labute approximate surface area is 174 Å². The maximum Gasteiger partial charge on any atom is 0.251 e. The third-order valence-corrected chi connectivity index (χ3v) is 6.88. The van der Waals surface area contributed by atoms with E-state index in [1.54, 1.807) is 12.1 Å². The number of sulfonamides is 1. The van der Waals surface area contributed by atoms with Crippen molar-refractivity contribution < 1.29 is 13.2 Å². The number of amides is 1. The van der Waals surface area contributed by atoms with Crippen molar-refractivity contribution >= 4 is 28.3 Å². The molecule has 0 atom stereocenters. The fourth-order valence-corrected chi connectivity index (χ4v) is 4.86. The van der Waals surface area contributed by atoms with Crippen LogP contribution in [0.2, 0.25) is 0 Å². The lowest BCUT2D eigenvalue weighted by molar-refractivity contribution is 0.0952. The van der Waals surface area contributed by atoms with Gasteiger partial charge in [0.1, 0.15) is 0 Å². The Morgan fingerprint density at radius 2 is 1.68 bits per heavy atom. The monoisotopic (exact) mass is 429 g/mol. The van der Waals surface area contributed by atoms with Crippen LogP contribution in [0, 0.1) is 6.92 Å². The quantitative estimate of drug-likeness (QED) is 0.438. The normalized spacial score (nSPS) is 18.2. The van der Waals surface area contributed by atoms with Gasteiger partial charge in [-0.05, 0) is 50.3 Å². The highest BCUT2D eigenvalue weighted by atomic mass is 35.5. The van der Waals surface area contributed by atoms with Crippen molar-refractivity contribution in [3.05, 3.63) is 29.3 Å². The molecule has 2 aliphatic rings. The van der Waals surface area contributed by atoms with Crippen LogP contribution in [0.5, 0.6) is 0 Å². The van der Waals surface area contributed by atoms with Crippen LogP contribution in [0.25, 0.3) is 0 Å². The van der Waals surface area contributed by atoms with Crippen LogP contribution < -0.4 is 15.4 Å².